The minimum absolute atomic E-state index is 0.272. The van der Waals surface area contributed by atoms with Crippen LogP contribution in [-0.2, 0) is 4.79 Å². The highest BCUT2D eigenvalue weighted by Gasteiger charge is 2.37. The fraction of sp³-hybridized carbons (Fsp3) is 0.286. The number of hydrogen-bond acceptors (Lipinski definition) is 7. The lowest BCUT2D eigenvalue weighted by Crippen LogP contribution is -2.24. The zero-order valence-electron chi connectivity index (χ0n) is 21.3. The van der Waals surface area contributed by atoms with Gasteiger partial charge in [0, 0.05) is 14.1 Å². The number of allylic oxidation sites excluding steroid dienone is 2. The van der Waals surface area contributed by atoms with Crippen LogP contribution in [0.2, 0.25) is 0 Å². The first kappa shape index (κ1) is 24.1. The summed E-state index contributed by atoms with van der Waals surface area (Å²) in [7, 11) is 3.46. The van der Waals surface area contributed by atoms with E-state index in [9.17, 15) is 9.59 Å². The molecule has 0 saturated carbocycles. The van der Waals surface area contributed by atoms with Gasteiger partial charge in [0.25, 0.3) is 11.1 Å². The van der Waals surface area contributed by atoms with E-state index < -0.39 is 0 Å². The first-order valence-electron chi connectivity index (χ1n) is 12.0. The van der Waals surface area contributed by atoms with Crippen LogP contribution in [0.3, 0.4) is 0 Å². The molecular formula is C28H29N5O2S. The SMILES string of the molecule is CC(C)c1cccc(C(C)C)c1N1/C(=C/C=C2/SC(=O)N(C)C2=O)N(C)c2nc3ccccc3nc21. The topological polar surface area (TPSA) is 69.6 Å². The number of nitrogens with zero attached hydrogens (tertiary/aromatic N) is 5. The monoisotopic (exact) mass is 499 g/mol. The van der Waals surface area contributed by atoms with E-state index in [1.54, 1.807) is 6.08 Å². The largest absolute Gasteiger partial charge is 0.312 e. The van der Waals surface area contributed by atoms with Crippen LogP contribution >= 0.6 is 11.8 Å². The van der Waals surface area contributed by atoms with Gasteiger partial charge in [0.2, 0.25) is 0 Å². The highest BCUT2D eigenvalue weighted by Crippen LogP contribution is 2.48. The van der Waals surface area contributed by atoms with E-state index in [0.717, 1.165) is 50.8 Å². The summed E-state index contributed by atoms with van der Waals surface area (Å²) < 4.78 is 0. The Balaban J connectivity index is 1.78. The molecule has 0 spiro atoms. The van der Waals surface area contributed by atoms with Crippen molar-refractivity contribution in [1.29, 1.82) is 0 Å². The second-order valence-corrected chi connectivity index (χ2v) is 10.6. The maximum absolute atomic E-state index is 12.6. The van der Waals surface area contributed by atoms with Crippen LogP contribution < -0.4 is 9.80 Å². The molecule has 0 radical (unpaired) electrons. The fourth-order valence-corrected chi connectivity index (χ4v) is 5.38. The highest BCUT2D eigenvalue weighted by molar-refractivity contribution is 8.18. The number of imide groups is 1. The Kier molecular flexibility index (Phi) is 6.08. The van der Waals surface area contributed by atoms with Crippen LogP contribution in [0.25, 0.3) is 11.0 Å². The van der Waals surface area contributed by atoms with Gasteiger partial charge in [-0.2, -0.15) is 0 Å². The Labute approximate surface area is 215 Å². The van der Waals surface area contributed by atoms with E-state index in [1.165, 1.54) is 18.2 Å². The fourth-order valence-electron chi connectivity index (χ4n) is 4.61. The molecule has 0 atom stereocenters. The van der Waals surface area contributed by atoms with Gasteiger partial charge >= 0.3 is 0 Å². The van der Waals surface area contributed by atoms with Crippen LogP contribution in [0.1, 0.15) is 50.7 Å². The van der Waals surface area contributed by atoms with Crippen molar-refractivity contribution in [3.05, 3.63) is 76.5 Å². The average molecular weight is 500 g/mol. The maximum atomic E-state index is 12.6. The second kappa shape index (κ2) is 9.09. The summed E-state index contributed by atoms with van der Waals surface area (Å²) in [5, 5.41) is -0.272. The molecular weight excluding hydrogens is 470 g/mol. The molecule has 2 aromatic carbocycles. The number of hydrogen-bond donors (Lipinski definition) is 0. The summed E-state index contributed by atoms with van der Waals surface area (Å²) in [5.41, 5.74) is 5.13. The van der Waals surface area contributed by atoms with E-state index in [0.29, 0.717) is 4.91 Å². The zero-order valence-corrected chi connectivity index (χ0v) is 22.1. The summed E-state index contributed by atoms with van der Waals surface area (Å²) in [6.45, 7) is 8.76. The lowest BCUT2D eigenvalue weighted by atomic mass is 9.92. The quantitative estimate of drug-likeness (QED) is 0.379. The summed E-state index contributed by atoms with van der Waals surface area (Å²) in [6, 6.07) is 14.3. The molecule has 7 nitrogen and oxygen atoms in total. The van der Waals surface area contributed by atoms with Crippen LogP contribution in [0.15, 0.2) is 65.3 Å². The van der Waals surface area contributed by atoms with Crippen molar-refractivity contribution < 1.29 is 9.59 Å². The van der Waals surface area contributed by atoms with Gasteiger partial charge in [-0.1, -0.05) is 58.0 Å². The van der Waals surface area contributed by atoms with Crippen LogP contribution in [0.5, 0.6) is 0 Å². The third-order valence-corrected chi connectivity index (χ3v) is 7.55. The molecule has 8 heteroatoms. The van der Waals surface area contributed by atoms with Crippen molar-refractivity contribution in [3.8, 4) is 0 Å². The van der Waals surface area contributed by atoms with E-state index in [1.807, 2.05) is 42.3 Å². The van der Waals surface area contributed by atoms with Gasteiger partial charge in [0.15, 0.2) is 11.6 Å². The van der Waals surface area contributed by atoms with E-state index >= 15 is 0 Å². The predicted octanol–water partition coefficient (Wildman–Crippen LogP) is 6.52. The number of aromatic nitrogens is 2. The number of rotatable bonds is 4. The van der Waals surface area contributed by atoms with Crippen molar-refractivity contribution in [1.82, 2.24) is 14.9 Å². The standard InChI is InChI=1S/C28H29N5O2S/c1-16(2)18-10-9-11-19(17(3)4)24(18)33-23(15-14-22-27(34)32(6)28(35)36-22)31(5)25-26(33)30-21-13-8-7-12-20(21)29-25/h7-17H,1-6H3/b22-14+,23-15+. The molecule has 1 aromatic heterocycles. The molecule has 0 bridgehead atoms. The maximum Gasteiger partial charge on any atom is 0.293 e. The Morgan fingerprint density at radius 3 is 1.89 bits per heavy atom. The molecule has 1 fully saturated rings. The van der Waals surface area contributed by atoms with E-state index in [4.69, 9.17) is 9.97 Å². The third kappa shape index (κ3) is 3.86. The van der Waals surface area contributed by atoms with Crippen molar-refractivity contribution >= 4 is 51.3 Å². The Bertz CT molecular complexity index is 1430. The third-order valence-electron chi connectivity index (χ3n) is 6.57. The minimum atomic E-state index is -0.293. The number of benzene rings is 2. The molecule has 0 N–H and O–H groups in total. The number of para-hydroxylation sites is 3. The van der Waals surface area contributed by atoms with Crippen molar-refractivity contribution in [3.63, 3.8) is 0 Å². The molecule has 0 unspecified atom stereocenters. The number of anilines is 3. The molecule has 2 amide bonds. The van der Waals surface area contributed by atoms with Crippen molar-refractivity contribution in [2.24, 2.45) is 0 Å². The minimum Gasteiger partial charge on any atom is -0.312 e. The van der Waals surface area contributed by atoms with Crippen LogP contribution in [0, 0.1) is 0 Å². The van der Waals surface area contributed by atoms with E-state index in [2.05, 4.69) is 50.8 Å². The molecule has 3 aromatic rings. The molecule has 5 rings (SSSR count). The molecule has 0 aliphatic carbocycles. The number of fused-ring (bicyclic) bond motifs is 2. The molecule has 2 aliphatic heterocycles. The first-order valence-corrected chi connectivity index (χ1v) is 12.9. The average Bonchev–Trinajstić information content (AvgIpc) is 3.27. The van der Waals surface area contributed by atoms with Crippen LogP contribution in [-0.4, -0.2) is 40.1 Å². The number of carbonyl (C=O) groups is 2. The predicted molar refractivity (Wildman–Crippen MR) is 147 cm³/mol. The molecule has 184 valence electrons. The lowest BCUT2D eigenvalue weighted by Gasteiger charge is -2.29. The molecule has 3 heterocycles. The van der Waals surface area contributed by atoms with Gasteiger partial charge < -0.3 is 4.90 Å². The van der Waals surface area contributed by atoms with Gasteiger partial charge in [0.05, 0.1) is 21.6 Å². The Hall–Kier alpha value is -3.65. The highest BCUT2D eigenvalue weighted by atomic mass is 32.2. The number of amides is 2. The van der Waals surface area contributed by atoms with Gasteiger partial charge in [-0.3, -0.25) is 19.4 Å². The van der Waals surface area contributed by atoms with Crippen LogP contribution in [0.4, 0.5) is 22.1 Å². The van der Waals surface area contributed by atoms with Crippen molar-refractivity contribution in [2.75, 3.05) is 23.9 Å². The Morgan fingerprint density at radius 1 is 0.778 bits per heavy atom. The summed E-state index contributed by atoms with van der Waals surface area (Å²) in [6.07, 6.45) is 3.62. The van der Waals surface area contributed by atoms with Gasteiger partial charge in [0.1, 0.15) is 5.82 Å². The summed E-state index contributed by atoms with van der Waals surface area (Å²) >= 11 is 0.951. The smallest absolute Gasteiger partial charge is 0.293 e. The molecule has 36 heavy (non-hydrogen) atoms. The number of thioether (sulfide) groups is 1. The second-order valence-electron chi connectivity index (χ2n) is 9.64. The van der Waals surface area contributed by atoms with Gasteiger partial charge in [-0.25, -0.2) is 9.97 Å². The molecule has 2 aliphatic rings. The zero-order chi connectivity index (χ0) is 25.7. The van der Waals surface area contributed by atoms with Gasteiger partial charge in [-0.15, -0.1) is 0 Å². The summed E-state index contributed by atoms with van der Waals surface area (Å²) in [5.74, 6) is 2.57. The first-order chi connectivity index (χ1) is 17.2. The lowest BCUT2D eigenvalue weighted by molar-refractivity contribution is -0.121. The normalized spacial score (nSPS) is 18.2. The van der Waals surface area contributed by atoms with Crippen molar-refractivity contribution in [2.45, 2.75) is 39.5 Å². The number of carbonyl (C=O) groups excluding carboxylic acids is 2. The number of likely N-dealkylation sites (N-methyl/N-ethyl adjacent to an activating group) is 1. The van der Waals surface area contributed by atoms with E-state index in [-0.39, 0.29) is 23.0 Å². The Morgan fingerprint density at radius 2 is 1.36 bits per heavy atom. The molecule has 1 saturated heterocycles. The van der Waals surface area contributed by atoms with Gasteiger partial charge in [-0.05, 0) is 59.0 Å². The summed E-state index contributed by atoms with van der Waals surface area (Å²) in [4.78, 5) is 40.3.